The molecule has 0 aromatic rings. The number of esters is 1. The maximum atomic E-state index is 10.3. The maximum absolute atomic E-state index is 10.3. The molecule has 56 valence electrons. The van der Waals surface area contributed by atoms with E-state index >= 15 is 0 Å². The molecular formula is C7H10O3. The highest BCUT2D eigenvalue weighted by Gasteiger charge is 2.07. The van der Waals surface area contributed by atoms with Gasteiger partial charge in [0.15, 0.2) is 0 Å². The summed E-state index contributed by atoms with van der Waals surface area (Å²) < 4.78 is 4.54. The van der Waals surface area contributed by atoms with Crippen molar-refractivity contribution >= 4 is 12.3 Å². The van der Waals surface area contributed by atoms with Crippen LogP contribution in [0.4, 0.5) is 0 Å². The molecule has 0 rings (SSSR count). The van der Waals surface area contributed by atoms with Crippen LogP contribution < -0.4 is 0 Å². The number of aldehydes is 1. The number of ether oxygens (including phenoxy) is 1. The van der Waals surface area contributed by atoms with Gasteiger partial charge in [0.25, 0.3) is 0 Å². The van der Waals surface area contributed by atoms with Gasteiger partial charge >= 0.3 is 5.97 Å². The Bertz CT molecular complexity index is 160. The van der Waals surface area contributed by atoms with Crippen molar-refractivity contribution in [1.29, 1.82) is 0 Å². The highest BCUT2D eigenvalue weighted by atomic mass is 16.5. The second-order valence-corrected chi connectivity index (χ2v) is 1.98. The van der Waals surface area contributed by atoms with E-state index in [9.17, 15) is 9.59 Å². The third kappa shape index (κ3) is 3.02. The van der Waals surface area contributed by atoms with E-state index in [2.05, 4.69) is 11.3 Å². The lowest BCUT2D eigenvalue weighted by Gasteiger charge is -2.05. The quantitative estimate of drug-likeness (QED) is 0.334. The van der Waals surface area contributed by atoms with Crippen molar-refractivity contribution in [3.63, 3.8) is 0 Å². The predicted octanol–water partition coefficient (Wildman–Crippen LogP) is 0.898. The fourth-order valence-corrected chi connectivity index (χ4v) is 0.353. The number of hydrogen-bond acceptors (Lipinski definition) is 3. The second kappa shape index (κ2) is 3.82. The van der Waals surface area contributed by atoms with Gasteiger partial charge in [-0.15, -0.1) is 0 Å². The molecular weight excluding hydrogens is 132 g/mol. The topological polar surface area (TPSA) is 43.4 Å². The molecule has 10 heavy (non-hydrogen) atoms. The SMILES string of the molecule is C=C(OC(C)=O)C(C)C=O. The molecule has 0 spiro atoms. The van der Waals surface area contributed by atoms with Crippen LogP contribution in [0, 0.1) is 5.92 Å². The van der Waals surface area contributed by atoms with Gasteiger partial charge in [0.05, 0.1) is 5.92 Å². The van der Waals surface area contributed by atoms with Crippen molar-refractivity contribution in [2.75, 3.05) is 0 Å². The molecule has 3 heteroatoms. The summed E-state index contributed by atoms with van der Waals surface area (Å²) >= 11 is 0. The van der Waals surface area contributed by atoms with Crippen LogP contribution in [0.5, 0.6) is 0 Å². The average molecular weight is 142 g/mol. The van der Waals surface area contributed by atoms with Crippen LogP contribution >= 0.6 is 0 Å². The van der Waals surface area contributed by atoms with Crippen molar-refractivity contribution in [1.82, 2.24) is 0 Å². The van der Waals surface area contributed by atoms with E-state index < -0.39 is 11.9 Å². The predicted molar refractivity (Wildman–Crippen MR) is 36.1 cm³/mol. The molecule has 0 aliphatic carbocycles. The molecule has 0 saturated heterocycles. The third-order valence-electron chi connectivity index (χ3n) is 0.987. The summed E-state index contributed by atoms with van der Waals surface area (Å²) in [4.78, 5) is 20.4. The minimum absolute atomic E-state index is 0.197. The molecule has 0 aliphatic rings. The first-order chi connectivity index (χ1) is 4.57. The molecule has 1 unspecified atom stereocenters. The molecule has 0 radical (unpaired) electrons. The Kier molecular flexibility index (Phi) is 3.39. The summed E-state index contributed by atoms with van der Waals surface area (Å²) in [5.41, 5.74) is 0. The summed E-state index contributed by atoms with van der Waals surface area (Å²) in [6.45, 7) is 6.27. The fraction of sp³-hybridized carbons (Fsp3) is 0.429. The Morgan fingerprint density at radius 3 is 2.50 bits per heavy atom. The zero-order chi connectivity index (χ0) is 8.15. The van der Waals surface area contributed by atoms with Crippen LogP contribution in [0.1, 0.15) is 13.8 Å². The Hall–Kier alpha value is -1.12. The highest BCUT2D eigenvalue weighted by molar-refractivity contribution is 5.68. The third-order valence-corrected chi connectivity index (χ3v) is 0.987. The van der Waals surface area contributed by atoms with Crippen molar-refractivity contribution in [3.05, 3.63) is 12.3 Å². The number of carbonyl (C=O) groups excluding carboxylic acids is 2. The highest BCUT2D eigenvalue weighted by Crippen LogP contribution is 2.05. The smallest absolute Gasteiger partial charge is 0.307 e. The molecule has 0 aliphatic heterocycles. The van der Waals surface area contributed by atoms with E-state index in [-0.39, 0.29) is 5.76 Å². The Balaban J connectivity index is 3.84. The summed E-state index contributed by atoms with van der Waals surface area (Å²) in [6, 6.07) is 0. The molecule has 0 aromatic carbocycles. The van der Waals surface area contributed by atoms with Crippen molar-refractivity contribution in [2.24, 2.45) is 5.92 Å². The van der Waals surface area contributed by atoms with Gasteiger partial charge < -0.3 is 9.53 Å². The van der Waals surface area contributed by atoms with Gasteiger partial charge in [0.2, 0.25) is 0 Å². The maximum Gasteiger partial charge on any atom is 0.307 e. The summed E-state index contributed by atoms with van der Waals surface area (Å²) in [5.74, 6) is -0.662. The zero-order valence-corrected chi connectivity index (χ0v) is 6.09. The molecule has 3 nitrogen and oxygen atoms in total. The van der Waals surface area contributed by atoms with Crippen LogP contribution in [-0.4, -0.2) is 12.3 Å². The lowest BCUT2D eigenvalue weighted by molar-refractivity contribution is -0.137. The van der Waals surface area contributed by atoms with E-state index in [1.807, 2.05) is 0 Å². The first-order valence-electron chi connectivity index (χ1n) is 2.90. The van der Waals surface area contributed by atoms with Crippen LogP contribution in [0.25, 0.3) is 0 Å². The van der Waals surface area contributed by atoms with E-state index in [0.29, 0.717) is 6.29 Å². The summed E-state index contributed by atoms with van der Waals surface area (Å²) in [6.07, 6.45) is 0.672. The minimum atomic E-state index is -0.446. The fourth-order valence-electron chi connectivity index (χ4n) is 0.353. The largest absolute Gasteiger partial charge is 0.431 e. The average Bonchev–Trinajstić information content (AvgIpc) is 1.85. The first-order valence-corrected chi connectivity index (χ1v) is 2.90. The molecule has 0 amide bonds. The van der Waals surface area contributed by atoms with Crippen molar-refractivity contribution in [2.45, 2.75) is 13.8 Å². The summed E-state index contributed by atoms with van der Waals surface area (Å²) in [7, 11) is 0. The molecule has 0 bridgehead atoms. The normalized spacial score (nSPS) is 11.8. The van der Waals surface area contributed by atoms with Gasteiger partial charge in [0, 0.05) is 6.92 Å². The van der Waals surface area contributed by atoms with E-state index in [1.165, 1.54) is 6.92 Å². The van der Waals surface area contributed by atoms with Crippen LogP contribution in [-0.2, 0) is 14.3 Å². The van der Waals surface area contributed by atoms with Crippen molar-refractivity contribution in [3.8, 4) is 0 Å². The molecule has 0 heterocycles. The van der Waals surface area contributed by atoms with Gasteiger partial charge in [-0.05, 0) is 6.92 Å². The molecule has 1 atom stereocenters. The molecule has 0 aromatic heterocycles. The number of rotatable bonds is 3. The Labute approximate surface area is 59.7 Å². The molecule has 0 N–H and O–H groups in total. The second-order valence-electron chi connectivity index (χ2n) is 1.98. The van der Waals surface area contributed by atoms with Crippen LogP contribution in [0.3, 0.4) is 0 Å². The molecule has 0 saturated carbocycles. The number of allylic oxidation sites excluding steroid dienone is 1. The monoisotopic (exact) mass is 142 g/mol. The number of carbonyl (C=O) groups is 2. The zero-order valence-electron chi connectivity index (χ0n) is 6.09. The van der Waals surface area contributed by atoms with Gasteiger partial charge in [-0.3, -0.25) is 4.79 Å². The standard InChI is InChI=1S/C7H10O3/c1-5(4-8)6(2)10-7(3)9/h4-5H,2H2,1,3H3. The van der Waals surface area contributed by atoms with Gasteiger partial charge in [-0.25, -0.2) is 0 Å². The number of hydrogen-bond donors (Lipinski definition) is 0. The van der Waals surface area contributed by atoms with Crippen LogP contribution in [0.15, 0.2) is 12.3 Å². The first kappa shape index (κ1) is 8.88. The Morgan fingerprint density at radius 1 is 1.70 bits per heavy atom. The van der Waals surface area contributed by atoms with Gasteiger partial charge in [0.1, 0.15) is 12.0 Å². The van der Waals surface area contributed by atoms with Gasteiger partial charge in [-0.1, -0.05) is 6.58 Å². The van der Waals surface area contributed by atoms with Gasteiger partial charge in [-0.2, -0.15) is 0 Å². The summed E-state index contributed by atoms with van der Waals surface area (Å²) in [5, 5.41) is 0. The van der Waals surface area contributed by atoms with E-state index in [0.717, 1.165) is 0 Å². The van der Waals surface area contributed by atoms with E-state index in [1.54, 1.807) is 6.92 Å². The lowest BCUT2D eigenvalue weighted by Crippen LogP contribution is -2.06. The van der Waals surface area contributed by atoms with Crippen molar-refractivity contribution < 1.29 is 14.3 Å². The van der Waals surface area contributed by atoms with Crippen LogP contribution in [0.2, 0.25) is 0 Å². The Morgan fingerprint density at radius 2 is 2.20 bits per heavy atom. The van der Waals surface area contributed by atoms with E-state index in [4.69, 9.17) is 0 Å². The lowest BCUT2D eigenvalue weighted by atomic mass is 10.2. The minimum Gasteiger partial charge on any atom is -0.431 e. The molecule has 0 fully saturated rings.